The molecule has 0 amide bonds. The van der Waals surface area contributed by atoms with Crippen molar-refractivity contribution >= 4 is 35.3 Å². The Balaban J connectivity index is 2.09. The molecule has 0 radical (unpaired) electrons. The van der Waals surface area contributed by atoms with Crippen LogP contribution < -0.4 is 9.75 Å². The van der Waals surface area contributed by atoms with E-state index in [4.69, 9.17) is 4.42 Å². The van der Waals surface area contributed by atoms with E-state index in [1.807, 2.05) is 6.07 Å². The van der Waals surface area contributed by atoms with Gasteiger partial charge in [-0.2, -0.15) is 5.26 Å². The van der Waals surface area contributed by atoms with Crippen LogP contribution in [0.2, 0.25) is 19.6 Å². The molecule has 0 unspecified atom stereocenters. The van der Waals surface area contributed by atoms with E-state index in [2.05, 4.69) is 94.4 Å². The minimum atomic E-state index is -1.53. The second-order valence-electron chi connectivity index (χ2n) is 10.5. The molecule has 4 aromatic rings. The minimum absolute atomic E-state index is 0.0392. The summed E-state index contributed by atoms with van der Waals surface area (Å²) in [6, 6.07) is 12.4. The van der Waals surface area contributed by atoms with Crippen LogP contribution >= 0.6 is 0 Å². The molecule has 31 heavy (non-hydrogen) atoms. The maximum absolute atomic E-state index is 9.23. The summed E-state index contributed by atoms with van der Waals surface area (Å²) in [6.07, 6.45) is 2.33. The summed E-state index contributed by atoms with van der Waals surface area (Å²) in [5.74, 6) is 0. The zero-order valence-corrected chi connectivity index (χ0v) is 20.7. The van der Waals surface area contributed by atoms with Crippen molar-refractivity contribution in [3.63, 3.8) is 0 Å². The van der Waals surface area contributed by atoms with Gasteiger partial charge in [0.2, 0.25) is 11.4 Å². The van der Waals surface area contributed by atoms with Gasteiger partial charge in [0.25, 0.3) is 0 Å². The Hall–Kier alpha value is -2.97. The lowest BCUT2D eigenvalue weighted by Gasteiger charge is -2.28. The standard InChI is InChI=1S/C26H30N3OSi/c1-16-9-11-18-19-12-10-17(14-27)28-25(19)30-24(18)23(16)21-13-20(26(2,3)4)22(15-29(21)5)31(6,7)8/h9-13,15H,1-8H3/q+1. The second kappa shape index (κ2) is 7.03. The minimum Gasteiger partial charge on any atom is -0.437 e. The van der Waals surface area contributed by atoms with Crippen LogP contribution in [0.4, 0.5) is 0 Å². The van der Waals surface area contributed by atoms with Crippen LogP contribution in [0.1, 0.15) is 37.6 Å². The highest BCUT2D eigenvalue weighted by Gasteiger charge is 2.32. The first-order valence-corrected chi connectivity index (χ1v) is 14.2. The van der Waals surface area contributed by atoms with Crippen molar-refractivity contribution in [2.45, 2.75) is 52.8 Å². The van der Waals surface area contributed by atoms with E-state index in [9.17, 15) is 5.26 Å². The van der Waals surface area contributed by atoms with Gasteiger partial charge in [-0.15, -0.1) is 0 Å². The van der Waals surface area contributed by atoms with E-state index in [0.29, 0.717) is 11.4 Å². The van der Waals surface area contributed by atoms with Gasteiger partial charge in [-0.3, -0.25) is 0 Å². The third-order valence-electron chi connectivity index (χ3n) is 5.98. The molecule has 4 nitrogen and oxygen atoms in total. The first-order chi connectivity index (χ1) is 14.4. The van der Waals surface area contributed by atoms with Crippen LogP contribution in [0.3, 0.4) is 0 Å². The lowest BCUT2D eigenvalue weighted by Crippen LogP contribution is -2.49. The highest BCUT2D eigenvalue weighted by molar-refractivity contribution is 6.89. The summed E-state index contributed by atoms with van der Waals surface area (Å²) < 4.78 is 8.51. The van der Waals surface area contributed by atoms with Crippen molar-refractivity contribution < 1.29 is 8.98 Å². The predicted octanol–water partition coefficient (Wildman–Crippen LogP) is 5.50. The average molecular weight is 429 g/mol. The van der Waals surface area contributed by atoms with Gasteiger partial charge in [0.05, 0.1) is 13.6 Å². The van der Waals surface area contributed by atoms with Gasteiger partial charge in [-0.05, 0) is 35.6 Å². The molecule has 4 rings (SSSR count). The van der Waals surface area contributed by atoms with E-state index in [0.717, 1.165) is 33.2 Å². The molecule has 0 N–H and O–H groups in total. The van der Waals surface area contributed by atoms with Gasteiger partial charge in [-0.25, -0.2) is 9.55 Å². The number of fused-ring (bicyclic) bond motifs is 3. The summed E-state index contributed by atoms with van der Waals surface area (Å²) in [5, 5.41) is 12.7. The van der Waals surface area contributed by atoms with Gasteiger partial charge in [0, 0.05) is 22.0 Å². The van der Waals surface area contributed by atoms with Gasteiger partial charge in [0.1, 0.15) is 18.8 Å². The van der Waals surface area contributed by atoms with Crippen molar-refractivity contribution in [3.05, 3.63) is 53.3 Å². The van der Waals surface area contributed by atoms with Crippen molar-refractivity contribution in [1.82, 2.24) is 4.98 Å². The van der Waals surface area contributed by atoms with E-state index in [1.54, 1.807) is 6.07 Å². The quantitative estimate of drug-likeness (QED) is 0.313. The zero-order valence-electron chi connectivity index (χ0n) is 19.7. The third kappa shape index (κ3) is 3.55. The fraction of sp³-hybridized carbons (Fsp3) is 0.346. The molecule has 1 aromatic carbocycles. The van der Waals surface area contributed by atoms with Crippen molar-refractivity contribution in [1.29, 1.82) is 5.26 Å². The number of pyridine rings is 2. The zero-order chi connectivity index (χ0) is 22.7. The normalized spacial score (nSPS) is 12.5. The smallest absolute Gasteiger partial charge is 0.228 e. The first kappa shape index (κ1) is 21.3. The molecule has 0 aliphatic heterocycles. The van der Waals surface area contributed by atoms with Gasteiger partial charge in [-0.1, -0.05) is 52.5 Å². The fourth-order valence-corrected chi connectivity index (χ4v) is 6.15. The predicted molar refractivity (Wildman–Crippen MR) is 129 cm³/mol. The van der Waals surface area contributed by atoms with E-state index >= 15 is 0 Å². The molecule has 3 heterocycles. The Labute approximate surface area is 185 Å². The Morgan fingerprint density at radius 2 is 1.74 bits per heavy atom. The van der Waals surface area contributed by atoms with Gasteiger partial charge >= 0.3 is 0 Å². The van der Waals surface area contributed by atoms with Crippen LogP contribution in [-0.4, -0.2) is 13.1 Å². The van der Waals surface area contributed by atoms with Crippen molar-refractivity contribution in [3.8, 4) is 17.3 Å². The molecule has 0 bridgehead atoms. The molecular formula is C26H30N3OSi+. The molecule has 0 aliphatic rings. The maximum atomic E-state index is 9.23. The van der Waals surface area contributed by atoms with Crippen LogP contribution in [0.5, 0.6) is 0 Å². The van der Waals surface area contributed by atoms with E-state index in [1.165, 1.54) is 10.8 Å². The third-order valence-corrected chi connectivity index (χ3v) is 7.99. The van der Waals surface area contributed by atoms with Crippen molar-refractivity contribution in [2.24, 2.45) is 7.05 Å². The monoisotopic (exact) mass is 428 g/mol. The number of hydrogen-bond donors (Lipinski definition) is 0. The summed E-state index contributed by atoms with van der Waals surface area (Å²) in [5.41, 5.74) is 6.52. The number of nitriles is 1. The molecule has 0 aliphatic carbocycles. The number of aromatic nitrogens is 2. The number of rotatable bonds is 2. The average Bonchev–Trinajstić information content (AvgIpc) is 3.04. The Kier molecular flexibility index (Phi) is 4.82. The topological polar surface area (TPSA) is 53.7 Å². The largest absolute Gasteiger partial charge is 0.437 e. The number of nitrogens with zero attached hydrogens (tertiary/aromatic N) is 3. The number of aryl methyl sites for hydroxylation is 2. The molecule has 0 spiro atoms. The second-order valence-corrected chi connectivity index (χ2v) is 15.5. The molecule has 0 fully saturated rings. The molecule has 0 saturated heterocycles. The van der Waals surface area contributed by atoms with Gasteiger partial charge < -0.3 is 4.42 Å². The summed E-state index contributed by atoms with van der Waals surface area (Å²) >= 11 is 0. The molecule has 0 saturated carbocycles. The molecule has 158 valence electrons. The van der Waals surface area contributed by atoms with Crippen LogP contribution in [0, 0.1) is 18.3 Å². The SMILES string of the molecule is Cc1ccc2c(oc3nc(C#N)ccc32)c1-c1cc(C(C)(C)C)c([Si](C)(C)C)c[n+]1C. The lowest BCUT2D eigenvalue weighted by atomic mass is 9.86. The Bertz CT molecular complexity index is 1380. The van der Waals surface area contributed by atoms with E-state index in [-0.39, 0.29) is 5.41 Å². The van der Waals surface area contributed by atoms with Crippen LogP contribution in [0.25, 0.3) is 33.3 Å². The molecule has 3 aromatic heterocycles. The lowest BCUT2D eigenvalue weighted by molar-refractivity contribution is -0.659. The number of benzene rings is 1. The molecule has 5 heteroatoms. The highest BCUT2D eigenvalue weighted by Crippen LogP contribution is 2.37. The first-order valence-electron chi connectivity index (χ1n) is 10.7. The highest BCUT2D eigenvalue weighted by atomic mass is 28.3. The maximum Gasteiger partial charge on any atom is 0.228 e. The Morgan fingerprint density at radius 1 is 1.06 bits per heavy atom. The summed E-state index contributed by atoms with van der Waals surface area (Å²) in [6.45, 7) is 16.2. The fourth-order valence-electron chi connectivity index (χ4n) is 4.32. The number of hydrogen-bond acceptors (Lipinski definition) is 3. The molecular weight excluding hydrogens is 398 g/mol. The number of furan rings is 1. The molecule has 0 atom stereocenters. The Morgan fingerprint density at radius 3 is 2.35 bits per heavy atom. The van der Waals surface area contributed by atoms with Crippen LogP contribution in [0.15, 0.2) is 40.9 Å². The summed E-state index contributed by atoms with van der Waals surface area (Å²) in [4.78, 5) is 4.39. The van der Waals surface area contributed by atoms with Gasteiger partial charge in [0.15, 0.2) is 11.8 Å². The summed E-state index contributed by atoms with van der Waals surface area (Å²) in [7, 11) is 0.591. The van der Waals surface area contributed by atoms with Crippen LogP contribution in [-0.2, 0) is 12.5 Å². The van der Waals surface area contributed by atoms with E-state index < -0.39 is 8.07 Å². The van der Waals surface area contributed by atoms with Crippen molar-refractivity contribution in [2.75, 3.05) is 0 Å².